The van der Waals surface area contributed by atoms with Gasteiger partial charge in [-0.2, -0.15) is 11.3 Å². The van der Waals surface area contributed by atoms with Gasteiger partial charge < -0.3 is 0 Å². The first kappa shape index (κ1) is 76.6. The van der Waals surface area contributed by atoms with Crippen molar-refractivity contribution in [3.05, 3.63) is 114 Å². The molecule has 0 unspecified atom stereocenters. The first-order valence-corrected chi connectivity index (χ1v) is 22.0. The Morgan fingerprint density at radius 1 is 0.327 bits per heavy atom. The van der Waals surface area contributed by atoms with Crippen molar-refractivity contribution in [1.82, 2.24) is 4.98 Å². The summed E-state index contributed by atoms with van der Waals surface area (Å²) in [5.41, 5.74) is 0. The van der Waals surface area contributed by atoms with Crippen LogP contribution in [0.4, 0.5) is 4.70 Å². The molecule has 1 nitrogen and oxygen atoms in total. The minimum Gasteiger partial charge on any atom is -0.269 e. The van der Waals surface area contributed by atoms with Crippen molar-refractivity contribution in [3.63, 3.8) is 0 Å². The van der Waals surface area contributed by atoms with Gasteiger partial charge in [0, 0.05) is 12.4 Å². The molecule has 3 aromatic heterocycles. The van der Waals surface area contributed by atoms with Gasteiger partial charge in [0.15, 0.2) is 0 Å². The Morgan fingerprint density at radius 3 is 0.653 bits per heavy atom. The third-order valence-electron chi connectivity index (χ3n) is 3.65. The second kappa shape index (κ2) is 138. The average molecular weight is 730 g/mol. The van der Waals surface area contributed by atoms with Gasteiger partial charge in [-0.25, -0.2) is 0 Å². The molecule has 0 N–H and O–H groups in total. The normalized spacial score (nSPS) is 7.76. The van der Waals surface area contributed by atoms with Crippen LogP contribution >= 0.6 is 19.5 Å². The zero-order valence-electron chi connectivity index (χ0n) is 37.0. The molecule has 1 saturated carbocycles. The molecule has 0 aliphatic heterocycles. The lowest BCUT2D eigenvalue weighted by atomic mass is 10.0. The number of nitrogens with zero attached hydrogens (tertiary/aromatic N) is 1. The Morgan fingerprint density at radius 2 is 0.551 bits per heavy atom. The Labute approximate surface area is 318 Å². The predicted molar refractivity (Wildman–Crippen MR) is 245 cm³/mol. The summed E-state index contributed by atoms with van der Waals surface area (Å²) >= 11 is 1.71. The molecule has 49 heavy (non-hydrogen) atoms. The number of halogens is 1. The molecule has 0 bridgehead atoms. The number of aromatic nitrogens is 1. The van der Waals surface area contributed by atoms with Crippen molar-refractivity contribution in [2.24, 2.45) is 0 Å². The average Bonchev–Trinajstić information content (AvgIpc) is 4.06. The van der Waals surface area contributed by atoms with E-state index in [0.717, 1.165) is 8.19 Å². The van der Waals surface area contributed by atoms with Gasteiger partial charge in [-0.05, 0) is 34.5 Å². The van der Waals surface area contributed by atoms with Crippen LogP contribution in [0.3, 0.4) is 0 Å². The molecule has 296 valence electrons. The summed E-state index contributed by atoms with van der Waals surface area (Å²) in [6.07, 6.45) is 12.5. The van der Waals surface area contributed by atoms with Crippen LogP contribution in [0.25, 0.3) is 0 Å². The van der Waals surface area contributed by atoms with Crippen LogP contribution in [0.2, 0.25) is 0 Å². The van der Waals surface area contributed by atoms with Crippen molar-refractivity contribution in [2.75, 3.05) is 0 Å². The van der Waals surface area contributed by atoms with Gasteiger partial charge in [0.1, 0.15) is 0 Å². The van der Waals surface area contributed by atoms with Crippen molar-refractivity contribution < 1.29 is 4.70 Å². The zero-order chi connectivity index (χ0) is 39.8. The summed E-state index contributed by atoms with van der Waals surface area (Å²) < 4.78 is 0. The highest BCUT2D eigenvalue weighted by atomic mass is 32.1. The van der Waals surface area contributed by atoms with Gasteiger partial charge >= 0.3 is 0 Å². The van der Waals surface area contributed by atoms with Crippen LogP contribution in [0.1, 0.15) is 177 Å². The van der Waals surface area contributed by atoms with Crippen LogP contribution in [0, 0.1) is 0 Å². The molecule has 1 aliphatic carbocycles. The van der Waals surface area contributed by atoms with Crippen LogP contribution < -0.4 is 0 Å². The van der Waals surface area contributed by atoms with E-state index in [1.165, 1.54) is 38.5 Å². The minimum atomic E-state index is 0. The van der Waals surface area contributed by atoms with Gasteiger partial charge in [0.05, 0.1) is 0 Å². The topological polar surface area (TPSA) is 12.9 Å². The van der Waals surface area contributed by atoms with Crippen LogP contribution in [0.5, 0.6) is 0 Å². The SMILES string of the molecule is C1CCCCC1.CC.CC.CC.CC.CC.CC.CC.CC.CC.CC.F.c1cc[pH]c1.c1ccccc1.c1ccncc1.c1ccsc1. The van der Waals surface area contributed by atoms with E-state index in [1.54, 1.807) is 23.7 Å². The molecule has 0 atom stereocenters. The molecule has 1 fully saturated rings. The molecule has 0 saturated heterocycles. The second-order valence-corrected chi connectivity index (χ2v) is 7.80. The highest BCUT2D eigenvalue weighted by Gasteiger charge is 1.95. The fraction of sp³-hybridized carbons (Fsp3) is 0.578. The number of hydrogen-bond donors (Lipinski definition) is 0. The molecule has 0 spiro atoms. The van der Waals surface area contributed by atoms with Crippen LogP contribution in [-0.4, -0.2) is 4.98 Å². The Bertz CT molecular complexity index is 530. The molecule has 0 amide bonds. The maximum atomic E-state index is 3.78. The maximum absolute atomic E-state index is 3.78. The van der Waals surface area contributed by atoms with Gasteiger partial charge in [0.25, 0.3) is 0 Å². The zero-order valence-corrected chi connectivity index (χ0v) is 38.8. The largest absolute Gasteiger partial charge is 0.269 e. The number of rotatable bonds is 0. The summed E-state index contributed by atoms with van der Waals surface area (Å²) in [6, 6.07) is 25.9. The maximum Gasteiger partial charge on any atom is 0.0267 e. The van der Waals surface area contributed by atoms with Crippen LogP contribution in [-0.2, 0) is 0 Å². The third-order valence-corrected chi connectivity index (χ3v) is 5.05. The van der Waals surface area contributed by atoms with E-state index >= 15 is 0 Å². The molecule has 1 aromatic carbocycles. The van der Waals surface area contributed by atoms with Crippen LogP contribution in [0.15, 0.2) is 114 Å². The van der Waals surface area contributed by atoms with Crippen molar-refractivity contribution >= 4 is 19.5 Å². The number of thiophene rings is 1. The summed E-state index contributed by atoms with van der Waals surface area (Å²) in [6.45, 7) is 40.0. The summed E-state index contributed by atoms with van der Waals surface area (Å²) in [5.74, 6) is 4.31. The molecule has 4 heteroatoms. The van der Waals surface area contributed by atoms with E-state index in [9.17, 15) is 0 Å². The number of benzene rings is 1. The Hall–Kier alpha value is -2.22. The second-order valence-electron chi connectivity index (χ2n) is 5.98. The quantitative estimate of drug-likeness (QED) is 0.176. The van der Waals surface area contributed by atoms with Gasteiger partial charge in [-0.15, -0.1) is 8.19 Å². The molecule has 1 aliphatic rings. The predicted octanol–water partition coefficient (Wildman–Crippen LogP) is 19.0. The lowest BCUT2D eigenvalue weighted by molar-refractivity contribution is 0.504. The van der Waals surface area contributed by atoms with Gasteiger partial charge in [0.2, 0.25) is 0 Å². The Kier molecular flexibility index (Phi) is 216. The van der Waals surface area contributed by atoms with E-state index in [4.69, 9.17) is 0 Å². The first-order chi connectivity index (χ1) is 24.0. The summed E-state index contributed by atoms with van der Waals surface area (Å²) in [4.78, 5) is 3.78. The highest BCUT2D eigenvalue weighted by molar-refractivity contribution is 7.28. The minimum absolute atomic E-state index is 0. The van der Waals surface area contributed by atoms with E-state index in [2.05, 4.69) is 28.7 Å². The molecule has 3 heterocycles. The number of hydrogen-bond acceptors (Lipinski definition) is 2. The Balaban J connectivity index is -0.0000000363. The fourth-order valence-corrected chi connectivity index (χ4v) is 3.27. The van der Waals surface area contributed by atoms with E-state index in [0.29, 0.717) is 0 Å². The lowest BCUT2D eigenvalue weighted by Crippen LogP contribution is -1.85. The third kappa shape index (κ3) is 132. The van der Waals surface area contributed by atoms with Crippen molar-refractivity contribution in [3.8, 4) is 0 Å². The molecular weight excluding hydrogens is 637 g/mol. The molecule has 5 rings (SSSR count). The van der Waals surface area contributed by atoms with Gasteiger partial charge in [-0.1, -0.05) is 244 Å². The first-order valence-electron chi connectivity index (χ1n) is 19.9. The lowest BCUT2D eigenvalue weighted by Gasteiger charge is -2.05. The summed E-state index contributed by atoms with van der Waals surface area (Å²) in [5, 5.41) is 4.08. The number of pyridine rings is 1. The van der Waals surface area contributed by atoms with E-state index in [-0.39, 0.29) is 4.70 Å². The fourth-order valence-electron chi connectivity index (χ4n) is 2.26. The van der Waals surface area contributed by atoms with E-state index in [1.807, 2.05) is 216 Å². The standard InChI is InChI=1S/C6H12.C6H6.C5H5N.C4H5P.C4H4S.10C2H6.FH/c3*1-2-4-6-5-3-1;2*1-2-4-5-3-1;10*1-2;/h1-6H2;1-6H;1-5H;1-5H;1-4H;10*1-2H3;1H. The monoisotopic (exact) mass is 730 g/mol. The van der Waals surface area contributed by atoms with Crippen molar-refractivity contribution in [1.29, 1.82) is 0 Å². The van der Waals surface area contributed by atoms with Gasteiger partial charge in [-0.3, -0.25) is 9.69 Å². The molecule has 4 aromatic rings. The van der Waals surface area contributed by atoms with E-state index < -0.39 is 0 Å². The molecular formula is C45H93FNPS. The van der Waals surface area contributed by atoms with Crippen molar-refractivity contribution in [2.45, 2.75) is 177 Å². The highest BCUT2D eigenvalue weighted by Crippen LogP contribution is 2.15. The molecule has 0 radical (unpaired) electrons. The summed E-state index contributed by atoms with van der Waals surface area (Å²) in [7, 11) is 0.948. The smallest absolute Gasteiger partial charge is 0.0267 e.